The molecular weight excluding hydrogens is 206 g/mol. The molecule has 1 saturated heterocycles. The number of imide groups is 1. The first-order chi connectivity index (χ1) is 7.70. The number of carbonyl (C=O) groups is 2. The molecule has 1 aliphatic heterocycles. The average molecular weight is 219 g/mol. The summed E-state index contributed by atoms with van der Waals surface area (Å²) in [7, 11) is 1.59. The highest BCUT2D eigenvalue weighted by atomic mass is 16.5. The minimum atomic E-state index is -0.216. The Balaban J connectivity index is 2.29. The molecule has 1 fully saturated rings. The number of hydrogen-bond donors (Lipinski definition) is 1. The molecule has 1 heterocycles. The van der Waals surface area contributed by atoms with E-state index >= 15 is 0 Å². The first-order valence-corrected chi connectivity index (χ1v) is 5.16. The summed E-state index contributed by atoms with van der Waals surface area (Å²) < 4.78 is 5.23. The average Bonchev–Trinajstić information content (AvgIpc) is 2.27. The van der Waals surface area contributed by atoms with Crippen LogP contribution in [-0.4, -0.2) is 18.9 Å². The van der Waals surface area contributed by atoms with Crippen LogP contribution < -0.4 is 10.1 Å². The molecule has 0 saturated carbocycles. The molecule has 84 valence electrons. The highest BCUT2D eigenvalue weighted by Crippen LogP contribution is 2.32. The van der Waals surface area contributed by atoms with Gasteiger partial charge in [-0.15, -0.1) is 0 Å². The Labute approximate surface area is 93.6 Å². The summed E-state index contributed by atoms with van der Waals surface area (Å²) >= 11 is 0. The van der Waals surface area contributed by atoms with Crippen LogP contribution in [0, 0.1) is 0 Å². The fourth-order valence-corrected chi connectivity index (χ4v) is 2.00. The fraction of sp³-hybridized carbons (Fsp3) is 0.333. The van der Waals surface area contributed by atoms with Crippen LogP contribution in [0.1, 0.15) is 24.3 Å². The van der Waals surface area contributed by atoms with Crippen molar-refractivity contribution < 1.29 is 14.3 Å². The zero-order chi connectivity index (χ0) is 11.5. The summed E-state index contributed by atoms with van der Waals surface area (Å²) in [6.07, 6.45) is 0.679. The van der Waals surface area contributed by atoms with Gasteiger partial charge in [0.25, 0.3) is 0 Å². The monoisotopic (exact) mass is 219 g/mol. The summed E-state index contributed by atoms with van der Waals surface area (Å²) in [6, 6.07) is 7.49. The van der Waals surface area contributed by atoms with Crippen LogP contribution in [0.3, 0.4) is 0 Å². The quantitative estimate of drug-likeness (QED) is 0.761. The number of piperidine rings is 1. The van der Waals surface area contributed by atoms with Gasteiger partial charge in [0.1, 0.15) is 5.75 Å². The summed E-state index contributed by atoms with van der Waals surface area (Å²) in [4.78, 5) is 22.6. The van der Waals surface area contributed by atoms with E-state index in [1.165, 1.54) is 0 Å². The number of para-hydroxylation sites is 1. The van der Waals surface area contributed by atoms with Crippen molar-refractivity contribution >= 4 is 11.8 Å². The topological polar surface area (TPSA) is 55.4 Å². The summed E-state index contributed by atoms with van der Waals surface area (Å²) in [5, 5.41) is 2.30. The third kappa shape index (κ3) is 2.05. The van der Waals surface area contributed by atoms with Gasteiger partial charge >= 0.3 is 0 Å². The zero-order valence-electron chi connectivity index (χ0n) is 9.03. The van der Waals surface area contributed by atoms with E-state index in [0.717, 1.165) is 11.3 Å². The van der Waals surface area contributed by atoms with Crippen molar-refractivity contribution in [1.29, 1.82) is 0 Å². The van der Waals surface area contributed by atoms with Crippen LogP contribution in [0.25, 0.3) is 0 Å². The van der Waals surface area contributed by atoms with E-state index in [2.05, 4.69) is 5.32 Å². The SMILES string of the molecule is COc1ccccc1C1CC(=O)NC(=O)C1. The Morgan fingerprint density at radius 1 is 1.19 bits per heavy atom. The molecule has 0 aromatic heterocycles. The fourth-order valence-electron chi connectivity index (χ4n) is 2.00. The number of benzene rings is 1. The Morgan fingerprint density at radius 2 is 1.81 bits per heavy atom. The van der Waals surface area contributed by atoms with Crippen molar-refractivity contribution in [2.45, 2.75) is 18.8 Å². The molecule has 2 amide bonds. The van der Waals surface area contributed by atoms with Gasteiger partial charge in [0.2, 0.25) is 11.8 Å². The van der Waals surface area contributed by atoms with E-state index in [-0.39, 0.29) is 17.7 Å². The lowest BCUT2D eigenvalue weighted by atomic mass is 9.89. The van der Waals surface area contributed by atoms with Gasteiger partial charge in [0.15, 0.2) is 0 Å². The second-order valence-corrected chi connectivity index (χ2v) is 3.82. The van der Waals surface area contributed by atoms with Crippen LogP contribution >= 0.6 is 0 Å². The maximum atomic E-state index is 11.3. The second kappa shape index (κ2) is 4.35. The Hall–Kier alpha value is -1.84. The minimum Gasteiger partial charge on any atom is -0.496 e. The van der Waals surface area contributed by atoms with Gasteiger partial charge in [-0.3, -0.25) is 14.9 Å². The number of amides is 2. The van der Waals surface area contributed by atoms with Crippen LogP contribution in [0.15, 0.2) is 24.3 Å². The van der Waals surface area contributed by atoms with Crippen molar-refractivity contribution in [3.8, 4) is 5.75 Å². The molecule has 4 nitrogen and oxygen atoms in total. The summed E-state index contributed by atoms with van der Waals surface area (Å²) in [6.45, 7) is 0. The molecule has 1 aromatic rings. The molecule has 0 radical (unpaired) electrons. The third-order valence-corrected chi connectivity index (χ3v) is 2.72. The molecular formula is C12H13NO3. The van der Waals surface area contributed by atoms with Crippen LogP contribution in [0.2, 0.25) is 0 Å². The van der Waals surface area contributed by atoms with Gasteiger partial charge in [0, 0.05) is 18.8 Å². The standard InChI is InChI=1S/C12H13NO3/c1-16-10-5-3-2-4-9(10)8-6-11(14)13-12(15)7-8/h2-5,8H,6-7H2,1H3,(H,13,14,15). The Morgan fingerprint density at radius 3 is 2.44 bits per heavy atom. The maximum Gasteiger partial charge on any atom is 0.227 e. The van der Waals surface area contributed by atoms with E-state index < -0.39 is 0 Å². The summed E-state index contributed by atoms with van der Waals surface area (Å²) in [5.74, 6) is 0.228. The highest BCUT2D eigenvalue weighted by Gasteiger charge is 2.27. The van der Waals surface area contributed by atoms with Gasteiger partial charge in [-0.2, -0.15) is 0 Å². The van der Waals surface area contributed by atoms with Gasteiger partial charge in [0.05, 0.1) is 7.11 Å². The highest BCUT2D eigenvalue weighted by molar-refractivity contribution is 5.98. The number of nitrogens with one attached hydrogen (secondary N) is 1. The van der Waals surface area contributed by atoms with Crippen molar-refractivity contribution in [3.05, 3.63) is 29.8 Å². The van der Waals surface area contributed by atoms with Gasteiger partial charge < -0.3 is 4.74 Å². The molecule has 1 N–H and O–H groups in total. The van der Waals surface area contributed by atoms with Crippen LogP contribution in [-0.2, 0) is 9.59 Å². The minimum absolute atomic E-state index is 0.0719. The zero-order valence-corrected chi connectivity index (χ0v) is 9.03. The third-order valence-electron chi connectivity index (χ3n) is 2.72. The molecule has 0 aliphatic carbocycles. The molecule has 16 heavy (non-hydrogen) atoms. The van der Waals surface area contributed by atoms with Crippen molar-refractivity contribution in [2.75, 3.05) is 7.11 Å². The first-order valence-electron chi connectivity index (χ1n) is 5.16. The molecule has 1 aromatic carbocycles. The second-order valence-electron chi connectivity index (χ2n) is 3.82. The lowest BCUT2D eigenvalue weighted by molar-refractivity contribution is -0.133. The number of carbonyl (C=O) groups excluding carboxylic acids is 2. The number of hydrogen-bond acceptors (Lipinski definition) is 3. The van der Waals surface area contributed by atoms with Crippen molar-refractivity contribution in [2.24, 2.45) is 0 Å². The predicted molar refractivity (Wildman–Crippen MR) is 58.1 cm³/mol. The van der Waals surface area contributed by atoms with Gasteiger partial charge in [-0.25, -0.2) is 0 Å². The van der Waals surface area contributed by atoms with E-state index in [4.69, 9.17) is 4.74 Å². The Kier molecular flexibility index (Phi) is 2.90. The lowest BCUT2D eigenvalue weighted by Crippen LogP contribution is -2.37. The van der Waals surface area contributed by atoms with Crippen LogP contribution in [0.4, 0.5) is 0 Å². The largest absolute Gasteiger partial charge is 0.496 e. The van der Waals surface area contributed by atoms with Gasteiger partial charge in [-0.1, -0.05) is 18.2 Å². The van der Waals surface area contributed by atoms with E-state index in [9.17, 15) is 9.59 Å². The molecule has 4 heteroatoms. The molecule has 2 rings (SSSR count). The normalized spacial score (nSPS) is 17.1. The molecule has 1 aliphatic rings. The smallest absolute Gasteiger partial charge is 0.227 e. The number of rotatable bonds is 2. The number of ether oxygens (including phenoxy) is 1. The summed E-state index contributed by atoms with van der Waals surface area (Å²) in [5.41, 5.74) is 0.924. The maximum absolute atomic E-state index is 11.3. The molecule has 0 bridgehead atoms. The molecule has 0 unspecified atom stereocenters. The molecule has 0 atom stereocenters. The van der Waals surface area contributed by atoms with Gasteiger partial charge in [-0.05, 0) is 11.6 Å². The first kappa shape index (κ1) is 10.7. The van der Waals surface area contributed by atoms with E-state index in [1.54, 1.807) is 7.11 Å². The van der Waals surface area contributed by atoms with E-state index in [1.807, 2.05) is 24.3 Å². The van der Waals surface area contributed by atoms with Crippen molar-refractivity contribution in [1.82, 2.24) is 5.32 Å². The predicted octanol–water partition coefficient (Wildman–Crippen LogP) is 1.22. The lowest BCUT2D eigenvalue weighted by Gasteiger charge is -2.22. The number of methoxy groups -OCH3 is 1. The molecule has 0 spiro atoms. The van der Waals surface area contributed by atoms with Crippen LogP contribution in [0.5, 0.6) is 5.75 Å². The van der Waals surface area contributed by atoms with Crippen molar-refractivity contribution in [3.63, 3.8) is 0 Å². The Bertz CT molecular complexity index is 412. The van der Waals surface area contributed by atoms with E-state index in [0.29, 0.717) is 12.8 Å².